The van der Waals surface area contributed by atoms with E-state index in [0.29, 0.717) is 0 Å². The molecule has 0 fully saturated rings. The summed E-state index contributed by atoms with van der Waals surface area (Å²) in [6.07, 6.45) is 0. The van der Waals surface area contributed by atoms with E-state index in [4.69, 9.17) is 0 Å². The van der Waals surface area contributed by atoms with Crippen LogP contribution in [-0.2, 0) is 16.8 Å². The van der Waals surface area contributed by atoms with Gasteiger partial charge in [-0.25, -0.2) is 0 Å². The fourth-order valence-corrected chi connectivity index (χ4v) is 2.81. The van der Waals surface area contributed by atoms with E-state index in [1.54, 1.807) is 0 Å². The zero-order valence-electron chi connectivity index (χ0n) is 15.3. The summed E-state index contributed by atoms with van der Waals surface area (Å²) in [5, 5.41) is 0. The molecule has 0 heterocycles. The first-order chi connectivity index (χ1) is 9.11. The third-order valence-corrected chi connectivity index (χ3v) is 5.62. The third kappa shape index (κ3) is 3.70. The number of hydrogen-bond donors (Lipinski definition) is 0. The van der Waals surface area contributed by atoms with Crippen molar-refractivity contribution in [2.75, 3.05) is 0 Å². The molecule has 1 radical (unpaired) electrons. The van der Waals surface area contributed by atoms with E-state index in [2.05, 4.69) is 69.2 Å². The van der Waals surface area contributed by atoms with Gasteiger partial charge in [-0.2, -0.15) is 55.6 Å². The van der Waals surface area contributed by atoms with Gasteiger partial charge in [0.15, 0.2) is 0 Å². The van der Waals surface area contributed by atoms with Crippen LogP contribution in [-0.4, -0.2) is 0 Å². The maximum Gasteiger partial charge on any atom is 2.00 e. The molecule has 2 rings (SSSR count). The van der Waals surface area contributed by atoms with Crippen molar-refractivity contribution in [2.45, 2.75) is 69.2 Å². The van der Waals surface area contributed by atoms with Gasteiger partial charge in [0.2, 0.25) is 0 Å². The van der Waals surface area contributed by atoms with E-state index >= 15 is 0 Å². The fourth-order valence-electron chi connectivity index (χ4n) is 2.81. The third-order valence-electron chi connectivity index (χ3n) is 5.62. The molecule has 0 nitrogen and oxygen atoms in total. The molecule has 0 amide bonds. The zero-order chi connectivity index (χ0) is 15.8. The molecule has 0 saturated carbocycles. The molecule has 0 aliphatic heterocycles. The van der Waals surface area contributed by atoms with Crippen molar-refractivity contribution in [2.24, 2.45) is 0 Å². The van der Waals surface area contributed by atoms with E-state index in [1.165, 1.54) is 55.6 Å². The van der Waals surface area contributed by atoms with Crippen molar-refractivity contribution < 1.29 is 16.8 Å². The van der Waals surface area contributed by atoms with Gasteiger partial charge in [0.05, 0.1) is 0 Å². The van der Waals surface area contributed by atoms with Crippen LogP contribution in [0.25, 0.3) is 0 Å². The molecule has 1 heteroatoms. The summed E-state index contributed by atoms with van der Waals surface area (Å²) in [6.45, 7) is 22.0. The first-order valence-electron chi connectivity index (χ1n) is 7.50. The minimum absolute atomic E-state index is 0. The molecule has 0 aliphatic carbocycles. The molecule has 2 aromatic carbocycles. The molecule has 0 aromatic heterocycles. The van der Waals surface area contributed by atoms with Crippen molar-refractivity contribution in [1.82, 2.24) is 0 Å². The Labute approximate surface area is 141 Å². The van der Waals surface area contributed by atoms with Crippen molar-refractivity contribution in [3.05, 3.63) is 55.6 Å². The fraction of sp³-hybridized carbons (Fsp3) is 0.500. The topological polar surface area (TPSA) is 0 Å². The van der Waals surface area contributed by atoms with Crippen molar-refractivity contribution >= 4 is 0 Å². The zero-order valence-corrected chi connectivity index (χ0v) is 16.4. The molecule has 0 N–H and O–H groups in total. The summed E-state index contributed by atoms with van der Waals surface area (Å²) >= 11 is 0. The average Bonchev–Trinajstić information content (AvgIpc) is 2.71. The molecule has 119 valence electrons. The number of hydrogen-bond acceptors (Lipinski definition) is 0. The van der Waals surface area contributed by atoms with Crippen molar-refractivity contribution in [1.29, 1.82) is 0 Å². The second-order valence-electron chi connectivity index (χ2n) is 6.25. The first kappa shape index (κ1) is 20.2. The molecule has 0 aliphatic rings. The largest absolute Gasteiger partial charge is 2.00 e. The predicted molar refractivity (Wildman–Crippen MR) is 91.4 cm³/mol. The van der Waals surface area contributed by atoms with E-state index in [1.807, 2.05) is 0 Å². The van der Waals surface area contributed by atoms with E-state index in [9.17, 15) is 0 Å². The van der Waals surface area contributed by atoms with Crippen LogP contribution in [0.4, 0.5) is 0 Å². The van der Waals surface area contributed by atoms with E-state index in [-0.39, 0.29) is 16.8 Å². The second-order valence-corrected chi connectivity index (χ2v) is 6.25. The second kappa shape index (κ2) is 7.46. The Morgan fingerprint density at radius 1 is 0.429 bits per heavy atom. The van der Waals surface area contributed by atoms with Gasteiger partial charge in [0.1, 0.15) is 0 Å². The Balaban J connectivity index is 0.000000364. The van der Waals surface area contributed by atoms with Gasteiger partial charge in [0, 0.05) is 0 Å². The normalized spacial score (nSPS) is 10.0. The van der Waals surface area contributed by atoms with Crippen LogP contribution in [0.2, 0.25) is 0 Å². The summed E-state index contributed by atoms with van der Waals surface area (Å²) in [5.74, 6) is 0. The number of rotatable bonds is 0. The van der Waals surface area contributed by atoms with Crippen LogP contribution in [0.3, 0.4) is 0 Å². The maximum absolute atomic E-state index is 2.20. The van der Waals surface area contributed by atoms with Crippen LogP contribution >= 0.6 is 0 Å². The smallest absolute Gasteiger partial charge is 0.196 e. The summed E-state index contributed by atoms with van der Waals surface area (Å²) in [7, 11) is 0. The summed E-state index contributed by atoms with van der Waals surface area (Å²) in [6, 6.07) is 0. The molecule has 0 spiro atoms. The van der Waals surface area contributed by atoms with Crippen LogP contribution in [0.15, 0.2) is 0 Å². The molecular weight excluding hydrogens is 299 g/mol. The van der Waals surface area contributed by atoms with Gasteiger partial charge in [-0.3, -0.25) is 0 Å². The Hall–Kier alpha value is -0.794. The summed E-state index contributed by atoms with van der Waals surface area (Å²) in [4.78, 5) is 0. The maximum atomic E-state index is 2.20. The van der Waals surface area contributed by atoms with Gasteiger partial charge < -0.3 is 0 Å². The monoisotopic (exact) mass is 329 g/mol. The van der Waals surface area contributed by atoms with Crippen LogP contribution in [0, 0.1) is 69.2 Å². The Morgan fingerprint density at radius 2 is 0.571 bits per heavy atom. The van der Waals surface area contributed by atoms with Gasteiger partial charge in [-0.15, -0.1) is 0 Å². The summed E-state index contributed by atoms with van der Waals surface area (Å²) < 4.78 is 0. The van der Waals surface area contributed by atoms with Crippen LogP contribution in [0.5, 0.6) is 0 Å². The van der Waals surface area contributed by atoms with Crippen molar-refractivity contribution in [3.63, 3.8) is 0 Å². The molecule has 21 heavy (non-hydrogen) atoms. The van der Waals surface area contributed by atoms with E-state index in [0.717, 1.165) is 0 Å². The first-order valence-corrected chi connectivity index (χ1v) is 7.50. The quantitative estimate of drug-likeness (QED) is 0.528. The van der Waals surface area contributed by atoms with Gasteiger partial charge in [-0.05, 0) is 0 Å². The molecule has 0 saturated heterocycles. The van der Waals surface area contributed by atoms with Crippen molar-refractivity contribution in [3.8, 4) is 0 Å². The molecular formula is C20H30Co. The summed E-state index contributed by atoms with van der Waals surface area (Å²) in [5.41, 5.74) is 14.7. The molecule has 2 aromatic rings. The minimum atomic E-state index is 0. The molecule has 0 bridgehead atoms. The Kier molecular flexibility index (Phi) is 7.18. The standard InChI is InChI=1S/2C10H15.Co/c2*1-6-7(2)9(4)10(5)8(6)3;/h2*1-5H3;/q2*-1;+2. The Bertz CT molecular complexity index is 404. The van der Waals surface area contributed by atoms with Crippen LogP contribution < -0.4 is 0 Å². The van der Waals surface area contributed by atoms with E-state index < -0.39 is 0 Å². The predicted octanol–water partition coefficient (Wildman–Crippen LogP) is 5.89. The SMILES string of the molecule is Cc1c(C)c(C)[c-](C)c1C.Cc1c(C)c(C)[c-](C)c1C.[Co+2]. The van der Waals surface area contributed by atoms with Gasteiger partial charge >= 0.3 is 16.8 Å². The minimum Gasteiger partial charge on any atom is -0.196 e. The average molecular weight is 329 g/mol. The van der Waals surface area contributed by atoms with Gasteiger partial charge in [0.25, 0.3) is 0 Å². The Morgan fingerprint density at radius 3 is 0.619 bits per heavy atom. The van der Waals surface area contributed by atoms with Gasteiger partial charge in [-0.1, -0.05) is 69.2 Å². The molecule has 0 atom stereocenters. The van der Waals surface area contributed by atoms with Crippen LogP contribution in [0.1, 0.15) is 55.6 Å². The molecule has 0 unspecified atom stereocenters.